The molecule has 0 N–H and O–H groups in total. The molecule has 6 heteroatoms. The Bertz CT molecular complexity index is 958. The van der Waals surface area contributed by atoms with Gasteiger partial charge in [0.1, 0.15) is 5.78 Å². The number of fused-ring (bicyclic) bond motifs is 1. The van der Waals surface area contributed by atoms with E-state index >= 15 is 0 Å². The Morgan fingerprint density at radius 2 is 1.96 bits per heavy atom. The quantitative estimate of drug-likeness (QED) is 0.694. The van der Waals surface area contributed by atoms with E-state index in [9.17, 15) is 4.79 Å². The van der Waals surface area contributed by atoms with E-state index in [1.54, 1.807) is 19.6 Å². The predicted octanol–water partition coefficient (Wildman–Crippen LogP) is 3.35. The summed E-state index contributed by atoms with van der Waals surface area (Å²) in [5, 5.41) is 0.995. The maximum absolute atomic E-state index is 12.7. The fourth-order valence-electron chi connectivity index (χ4n) is 3.89. The van der Waals surface area contributed by atoms with Crippen LogP contribution in [0.5, 0.6) is 0 Å². The highest BCUT2D eigenvalue weighted by molar-refractivity contribution is 5.86. The first-order chi connectivity index (χ1) is 13.1. The van der Waals surface area contributed by atoms with Gasteiger partial charge < -0.3 is 9.30 Å². The molecule has 1 fully saturated rings. The second-order valence-corrected chi connectivity index (χ2v) is 7.33. The highest BCUT2D eigenvalue weighted by Crippen LogP contribution is 2.28. The van der Waals surface area contributed by atoms with Crippen LogP contribution in [0.1, 0.15) is 31.4 Å². The third-order valence-electron chi connectivity index (χ3n) is 5.55. The number of methoxy groups -OCH3 is 1. The summed E-state index contributed by atoms with van der Waals surface area (Å²) in [7, 11) is 3.71. The first-order valence-corrected chi connectivity index (χ1v) is 9.41. The minimum atomic E-state index is 0.132. The number of ether oxygens (including phenoxy) is 1. The van der Waals surface area contributed by atoms with Gasteiger partial charge in [-0.15, -0.1) is 0 Å². The molecule has 0 bridgehead atoms. The minimum absolute atomic E-state index is 0.132. The highest BCUT2D eigenvalue weighted by atomic mass is 16.5. The Labute approximate surface area is 158 Å². The number of imidazole rings is 1. The van der Waals surface area contributed by atoms with E-state index in [0.717, 1.165) is 53.5 Å². The number of pyridine rings is 2. The topological polar surface area (TPSA) is 69.9 Å². The Balaban J connectivity index is 1.52. The zero-order valence-electron chi connectivity index (χ0n) is 15.8. The smallest absolute Gasteiger partial charge is 0.141 e. The second-order valence-electron chi connectivity index (χ2n) is 7.33. The van der Waals surface area contributed by atoms with E-state index in [1.165, 1.54) is 0 Å². The zero-order valence-corrected chi connectivity index (χ0v) is 15.8. The molecule has 1 saturated carbocycles. The zero-order chi connectivity index (χ0) is 18.8. The lowest BCUT2D eigenvalue weighted by molar-refractivity contribution is -0.124. The molecule has 0 spiro atoms. The summed E-state index contributed by atoms with van der Waals surface area (Å²) in [4.78, 5) is 25.8. The predicted molar refractivity (Wildman–Crippen MR) is 103 cm³/mol. The molecule has 3 aromatic rings. The van der Waals surface area contributed by atoms with Crippen LogP contribution in [0.3, 0.4) is 0 Å². The van der Waals surface area contributed by atoms with Gasteiger partial charge >= 0.3 is 0 Å². The van der Waals surface area contributed by atoms with E-state index in [2.05, 4.69) is 21.0 Å². The second kappa shape index (κ2) is 7.56. The monoisotopic (exact) mass is 364 g/mol. The van der Waals surface area contributed by atoms with E-state index in [4.69, 9.17) is 4.74 Å². The Morgan fingerprint density at radius 1 is 1.15 bits per heavy atom. The van der Waals surface area contributed by atoms with Crippen molar-refractivity contribution in [3.8, 4) is 11.3 Å². The fourth-order valence-corrected chi connectivity index (χ4v) is 3.89. The van der Waals surface area contributed by atoms with Crippen molar-refractivity contribution in [3.63, 3.8) is 0 Å². The van der Waals surface area contributed by atoms with Gasteiger partial charge in [0.15, 0.2) is 0 Å². The molecular formula is C21H24N4O2. The highest BCUT2D eigenvalue weighted by Gasteiger charge is 2.26. The van der Waals surface area contributed by atoms with Crippen molar-refractivity contribution in [1.29, 1.82) is 0 Å². The normalized spacial score (nSPS) is 20.1. The summed E-state index contributed by atoms with van der Waals surface area (Å²) in [5.74, 6) is 0.417. The van der Waals surface area contributed by atoms with Crippen LogP contribution in [-0.2, 0) is 23.0 Å². The summed E-state index contributed by atoms with van der Waals surface area (Å²) in [6.45, 7) is 0. The molecule has 4 rings (SSSR count). The minimum Gasteiger partial charge on any atom is -0.381 e. The van der Waals surface area contributed by atoms with Gasteiger partial charge in [0, 0.05) is 49.3 Å². The maximum atomic E-state index is 12.7. The van der Waals surface area contributed by atoms with Crippen LogP contribution in [-0.4, -0.2) is 38.5 Å². The first-order valence-electron chi connectivity index (χ1n) is 9.41. The number of carbonyl (C=O) groups excluding carboxylic acids is 1. The number of rotatable bonds is 5. The number of hydrogen-bond donors (Lipinski definition) is 0. The lowest BCUT2D eigenvalue weighted by Crippen LogP contribution is -2.26. The van der Waals surface area contributed by atoms with Crippen molar-refractivity contribution >= 4 is 16.7 Å². The third-order valence-corrected chi connectivity index (χ3v) is 5.55. The Morgan fingerprint density at radius 3 is 2.67 bits per heavy atom. The number of Topliss-reactive ketones (excluding diaryl/α,β-unsaturated/α-hetero) is 1. The molecule has 0 atom stereocenters. The molecule has 27 heavy (non-hydrogen) atoms. The van der Waals surface area contributed by atoms with Gasteiger partial charge in [-0.1, -0.05) is 0 Å². The van der Waals surface area contributed by atoms with Crippen LogP contribution in [0.25, 0.3) is 22.2 Å². The van der Waals surface area contributed by atoms with Crippen LogP contribution in [0.15, 0.2) is 37.1 Å². The molecule has 0 amide bonds. The standard InChI is InChI=1S/C21H24N4O2/c1-25-13-22-12-20(25)16-7-15-8-17(23-11-19(15)24-10-16)9-21(26)14-3-5-18(27-2)6-4-14/h7-8,10-14,18H,3-6,9H2,1-2H3. The van der Waals surface area contributed by atoms with Crippen molar-refractivity contribution in [3.05, 3.63) is 42.7 Å². The van der Waals surface area contributed by atoms with E-state index < -0.39 is 0 Å². The number of ketones is 1. The molecular weight excluding hydrogens is 340 g/mol. The van der Waals surface area contributed by atoms with Crippen molar-refractivity contribution < 1.29 is 9.53 Å². The van der Waals surface area contributed by atoms with Gasteiger partial charge in [0.2, 0.25) is 0 Å². The van der Waals surface area contributed by atoms with E-state index in [1.807, 2.05) is 30.1 Å². The number of hydrogen-bond acceptors (Lipinski definition) is 5. The van der Waals surface area contributed by atoms with Crippen molar-refractivity contribution in [1.82, 2.24) is 19.5 Å². The SMILES string of the molecule is COC1CCC(C(=O)Cc2cc3cc(-c4cncn4C)cnc3cn2)CC1. The molecule has 1 aliphatic rings. The van der Waals surface area contributed by atoms with Crippen molar-refractivity contribution in [2.75, 3.05) is 7.11 Å². The molecule has 0 aromatic carbocycles. The Hall–Kier alpha value is -2.60. The van der Waals surface area contributed by atoms with Gasteiger partial charge in [-0.05, 0) is 37.8 Å². The number of nitrogens with zero attached hydrogens (tertiary/aromatic N) is 4. The van der Waals surface area contributed by atoms with Crippen LogP contribution in [0.4, 0.5) is 0 Å². The van der Waals surface area contributed by atoms with Crippen LogP contribution < -0.4 is 0 Å². The summed E-state index contributed by atoms with van der Waals surface area (Å²) in [6, 6.07) is 4.07. The summed E-state index contributed by atoms with van der Waals surface area (Å²) < 4.78 is 7.36. The molecule has 1 aliphatic carbocycles. The van der Waals surface area contributed by atoms with Crippen molar-refractivity contribution in [2.24, 2.45) is 13.0 Å². The molecule has 3 aromatic heterocycles. The maximum Gasteiger partial charge on any atom is 0.141 e. The van der Waals surface area contributed by atoms with Gasteiger partial charge in [-0.25, -0.2) is 4.98 Å². The average molecular weight is 364 g/mol. The first kappa shape index (κ1) is 17.8. The van der Waals surface area contributed by atoms with Gasteiger partial charge in [-0.3, -0.25) is 14.8 Å². The number of aryl methyl sites for hydroxylation is 1. The van der Waals surface area contributed by atoms with Crippen molar-refractivity contribution in [2.45, 2.75) is 38.2 Å². The number of carbonyl (C=O) groups is 1. The lowest BCUT2D eigenvalue weighted by Gasteiger charge is -2.26. The summed E-state index contributed by atoms with van der Waals surface area (Å²) in [5.41, 5.74) is 3.65. The van der Waals surface area contributed by atoms with E-state index in [-0.39, 0.29) is 11.7 Å². The van der Waals surface area contributed by atoms with Crippen LogP contribution in [0.2, 0.25) is 0 Å². The molecule has 0 unspecified atom stereocenters. The largest absolute Gasteiger partial charge is 0.381 e. The third kappa shape index (κ3) is 3.76. The average Bonchev–Trinajstić information content (AvgIpc) is 3.13. The van der Waals surface area contributed by atoms with Gasteiger partial charge in [0.25, 0.3) is 0 Å². The molecule has 0 radical (unpaired) electrons. The molecule has 140 valence electrons. The molecule has 3 heterocycles. The molecule has 0 aliphatic heterocycles. The summed E-state index contributed by atoms with van der Waals surface area (Å²) in [6.07, 6.45) is 11.6. The Kier molecular flexibility index (Phi) is 4.99. The van der Waals surface area contributed by atoms with E-state index in [0.29, 0.717) is 12.5 Å². The van der Waals surface area contributed by atoms with Gasteiger partial charge in [-0.2, -0.15) is 0 Å². The fraction of sp³-hybridized carbons (Fsp3) is 0.429. The number of aromatic nitrogens is 4. The molecule has 0 saturated heterocycles. The lowest BCUT2D eigenvalue weighted by atomic mass is 9.83. The van der Waals surface area contributed by atoms with Crippen LogP contribution >= 0.6 is 0 Å². The molecule has 6 nitrogen and oxygen atoms in total. The van der Waals surface area contributed by atoms with Gasteiger partial charge in [0.05, 0.1) is 36.0 Å². The van der Waals surface area contributed by atoms with Crippen LogP contribution in [0, 0.1) is 5.92 Å². The summed E-state index contributed by atoms with van der Waals surface area (Å²) >= 11 is 0.